The molecule has 0 saturated heterocycles. The number of hydrogen-bond acceptors (Lipinski definition) is 6. The number of nitrogens with one attached hydrogen (secondary N) is 1. The van der Waals surface area contributed by atoms with Gasteiger partial charge in [0.2, 0.25) is 0 Å². The Morgan fingerprint density at radius 2 is 1.70 bits per heavy atom. The van der Waals surface area contributed by atoms with Crippen molar-refractivity contribution in [1.82, 2.24) is 20.0 Å². The number of hydrogen-bond donors (Lipinski definition) is 1. The van der Waals surface area contributed by atoms with E-state index in [1.807, 2.05) is 36.4 Å². The number of carbonyl (C=O) groups excluding carboxylic acids is 2. The lowest BCUT2D eigenvalue weighted by molar-refractivity contribution is -0.142. The highest BCUT2D eigenvalue weighted by atomic mass is 16.5. The molecule has 0 spiro atoms. The number of nitrogens with zero attached hydrogens (tertiary/aromatic N) is 3. The van der Waals surface area contributed by atoms with Gasteiger partial charge >= 0.3 is 5.97 Å². The van der Waals surface area contributed by atoms with Crippen LogP contribution in [0.2, 0.25) is 0 Å². The Kier molecular flexibility index (Phi) is 10.6. The monoisotopic (exact) mass is 504 g/mol. The van der Waals surface area contributed by atoms with Crippen molar-refractivity contribution in [3.05, 3.63) is 87.7 Å². The van der Waals surface area contributed by atoms with Gasteiger partial charge in [0, 0.05) is 23.7 Å². The molecule has 37 heavy (non-hydrogen) atoms. The minimum atomic E-state index is -0.284. The van der Waals surface area contributed by atoms with E-state index in [1.165, 1.54) is 10.7 Å². The second-order valence-electron chi connectivity index (χ2n) is 8.73. The van der Waals surface area contributed by atoms with E-state index in [-0.39, 0.29) is 30.4 Å². The Labute approximate surface area is 218 Å². The molecule has 0 fully saturated rings. The molecule has 0 saturated carbocycles. The molecular weight excluding hydrogens is 468 g/mol. The van der Waals surface area contributed by atoms with E-state index in [1.54, 1.807) is 25.1 Å². The standard InChI is InChI=1S/C29H36N4O4/c1-4-32(5-2)18-8-17-30-29(36)25-13-11-24(12-14-25)26-15-16-27(34)33(31-26)21-23-10-7-9-22(19-23)20-28(35)37-6-3/h7,9-16,19H,4-6,8,17-18,20-21H2,1-3H3,(H,30,36). The van der Waals surface area contributed by atoms with Gasteiger partial charge in [-0.15, -0.1) is 0 Å². The Morgan fingerprint density at radius 1 is 0.973 bits per heavy atom. The Morgan fingerprint density at radius 3 is 2.41 bits per heavy atom. The molecule has 1 heterocycles. The normalized spacial score (nSPS) is 10.9. The van der Waals surface area contributed by atoms with E-state index < -0.39 is 0 Å². The molecule has 8 nitrogen and oxygen atoms in total. The van der Waals surface area contributed by atoms with E-state index in [2.05, 4.69) is 29.2 Å². The van der Waals surface area contributed by atoms with Gasteiger partial charge in [0.05, 0.1) is 25.3 Å². The summed E-state index contributed by atoms with van der Waals surface area (Å²) in [5, 5.41) is 7.51. The fraction of sp³-hybridized carbons (Fsp3) is 0.379. The molecule has 1 N–H and O–H groups in total. The number of rotatable bonds is 13. The molecular formula is C29H36N4O4. The first-order chi connectivity index (χ1) is 17.9. The van der Waals surface area contributed by atoms with Gasteiger partial charge in [-0.2, -0.15) is 5.10 Å². The minimum Gasteiger partial charge on any atom is -0.466 e. The van der Waals surface area contributed by atoms with Crippen molar-refractivity contribution in [1.29, 1.82) is 0 Å². The molecule has 1 amide bonds. The minimum absolute atomic E-state index is 0.105. The molecule has 0 unspecified atom stereocenters. The SMILES string of the molecule is CCOC(=O)Cc1cccc(Cn2nc(-c3ccc(C(=O)NCCCN(CC)CC)cc3)ccc2=O)c1. The van der Waals surface area contributed by atoms with Gasteiger partial charge in [0.25, 0.3) is 11.5 Å². The molecule has 0 radical (unpaired) electrons. The highest BCUT2D eigenvalue weighted by Crippen LogP contribution is 2.17. The smallest absolute Gasteiger partial charge is 0.310 e. The zero-order valence-electron chi connectivity index (χ0n) is 21.9. The number of benzene rings is 2. The molecule has 1 aromatic heterocycles. The molecule has 2 aromatic carbocycles. The van der Waals surface area contributed by atoms with Crippen LogP contribution < -0.4 is 10.9 Å². The van der Waals surface area contributed by atoms with Crippen molar-refractivity contribution in [2.75, 3.05) is 32.8 Å². The molecule has 8 heteroatoms. The van der Waals surface area contributed by atoms with Gasteiger partial charge < -0.3 is 15.0 Å². The van der Waals surface area contributed by atoms with E-state index in [9.17, 15) is 14.4 Å². The Hall–Kier alpha value is -3.78. The summed E-state index contributed by atoms with van der Waals surface area (Å²) in [5.41, 5.74) is 3.48. The second-order valence-corrected chi connectivity index (χ2v) is 8.73. The summed E-state index contributed by atoms with van der Waals surface area (Å²) in [4.78, 5) is 39.1. The zero-order valence-corrected chi connectivity index (χ0v) is 21.9. The summed E-state index contributed by atoms with van der Waals surface area (Å²) in [6.45, 7) is 10.3. The van der Waals surface area contributed by atoms with Crippen LogP contribution >= 0.6 is 0 Å². The summed E-state index contributed by atoms with van der Waals surface area (Å²) in [5.74, 6) is -0.388. The first kappa shape index (κ1) is 27.8. The number of aromatic nitrogens is 2. The average Bonchev–Trinajstić information content (AvgIpc) is 2.90. The Balaban J connectivity index is 1.64. The zero-order chi connectivity index (χ0) is 26.6. The highest BCUT2D eigenvalue weighted by Gasteiger charge is 2.10. The number of amides is 1. The topological polar surface area (TPSA) is 93.5 Å². The van der Waals surface area contributed by atoms with E-state index >= 15 is 0 Å². The second kappa shape index (κ2) is 14.1. The molecule has 0 aliphatic heterocycles. The maximum Gasteiger partial charge on any atom is 0.310 e. The maximum atomic E-state index is 12.5. The first-order valence-corrected chi connectivity index (χ1v) is 12.9. The van der Waals surface area contributed by atoms with Crippen LogP contribution in [0.25, 0.3) is 11.3 Å². The third-order valence-corrected chi connectivity index (χ3v) is 6.12. The third kappa shape index (κ3) is 8.39. The van der Waals surface area contributed by atoms with Crippen LogP contribution in [0, 0.1) is 0 Å². The quantitative estimate of drug-likeness (QED) is 0.283. The molecule has 196 valence electrons. The number of esters is 1. The van der Waals surface area contributed by atoms with Crippen LogP contribution in [0.15, 0.2) is 65.5 Å². The predicted molar refractivity (Wildman–Crippen MR) is 145 cm³/mol. The molecule has 0 aliphatic carbocycles. The van der Waals surface area contributed by atoms with Crippen molar-refractivity contribution in [2.45, 2.75) is 40.2 Å². The van der Waals surface area contributed by atoms with Crippen LogP contribution in [0.3, 0.4) is 0 Å². The highest BCUT2D eigenvalue weighted by molar-refractivity contribution is 5.94. The Bertz CT molecular complexity index is 1230. The summed E-state index contributed by atoms with van der Waals surface area (Å²) in [6.07, 6.45) is 1.09. The van der Waals surface area contributed by atoms with Crippen molar-refractivity contribution in [3.8, 4) is 11.3 Å². The fourth-order valence-corrected chi connectivity index (χ4v) is 4.04. The molecule has 3 rings (SSSR count). The van der Waals surface area contributed by atoms with Crippen LogP contribution in [0.4, 0.5) is 0 Å². The summed E-state index contributed by atoms with van der Waals surface area (Å²) < 4.78 is 6.42. The maximum absolute atomic E-state index is 12.5. The number of ether oxygens (including phenoxy) is 1. The summed E-state index contributed by atoms with van der Waals surface area (Å²) >= 11 is 0. The van der Waals surface area contributed by atoms with Gasteiger partial charge in [0.1, 0.15) is 0 Å². The lowest BCUT2D eigenvalue weighted by atomic mass is 10.1. The third-order valence-electron chi connectivity index (χ3n) is 6.12. The predicted octanol–water partition coefficient (Wildman–Crippen LogP) is 3.53. The average molecular weight is 505 g/mol. The van der Waals surface area contributed by atoms with Gasteiger partial charge in [0.15, 0.2) is 0 Å². The van der Waals surface area contributed by atoms with E-state index in [0.717, 1.165) is 42.7 Å². The van der Waals surface area contributed by atoms with Gasteiger partial charge in [-0.3, -0.25) is 14.4 Å². The molecule has 0 bridgehead atoms. The molecule has 3 aromatic rings. The lowest BCUT2D eigenvalue weighted by Crippen LogP contribution is -2.29. The van der Waals surface area contributed by atoms with Crippen molar-refractivity contribution in [2.24, 2.45) is 0 Å². The van der Waals surface area contributed by atoms with Crippen molar-refractivity contribution >= 4 is 11.9 Å². The van der Waals surface area contributed by atoms with Crippen LogP contribution in [-0.2, 0) is 22.5 Å². The summed E-state index contributed by atoms with van der Waals surface area (Å²) in [7, 11) is 0. The van der Waals surface area contributed by atoms with Gasteiger partial charge in [-0.05, 0) is 62.3 Å². The number of carbonyl (C=O) groups is 2. The van der Waals surface area contributed by atoms with E-state index in [0.29, 0.717) is 24.4 Å². The van der Waals surface area contributed by atoms with Crippen LogP contribution in [-0.4, -0.2) is 59.3 Å². The van der Waals surface area contributed by atoms with Crippen LogP contribution in [0.5, 0.6) is 0 Å². The van der Waals surface area contributed by atoms with Crippen LogP contribution in [0.1, 0.15) is 48.7 Å². The van der Waals surface area contributed by atoms with E-state index in [4.69, 9.17) is 4.74 Å². The van der Waals surface area contributed by atoms with Crippen molar-refractivity contribution < 1.29 is 14.3 Å². The lowest BCUT2D eigenvalue weighted by Gasteiger charge is -2.17. The summed E-state index contributed by atoms with van der Waals surface area (Å²) in [6, 6.07) is 17.9. The largest absolute Gasteiger partial charge is 0.466 e. The fourth-order valence-electron chi connectivity index (χ4n) is 4.04. The first-order valence-electron chi connectivity index (χ1n) is 12.9. The molecule has 0 aliphatic rings. The van der Waals surface area contributed by atoms with Crippen molar-refractivity contribution in [3.63, 3.8) is 0 Å². The van der Waals surface area contributed by atoms with Gasteiger partial charge in [-0.25, -0.2) is 4.68 Å². The molecule has 0 atom stereocenters. The van der Waals surface area contributed by atoms with Gasteiger partial charge in [-0.1, -0.05) is 50.2 Å².